The van der Waals surface area contributed by atoms with Gasteiger partial charge in [-0.1, -0.05) is 6.92 Å². The molecule has 0 spiro atoms. The van der Waals surface area contributed by atoms with E-state index in [9.17, 15) is 22.8 Å². The van der Waals surface area contributed by atoms with Gasteiger partial charge in [0.25, 0.3) is 5.91 Å². The first-order valence-corrected chi connectivity index (χ1v) is 8.45. The second-order valence-electron chi connectivity index (χ2n) is 6.09. The van der Waals surface area contributed by atoms with E-state index in [0.29, 0.717) is 38.4 Å². The van der Waals surface area contributed by atoms with Gasteiger partial charge in [0.1, 0.15) is 6.10 Å². The standard InChI is InChI=1S/C17H22F3N3O3/c1-2-7-23(17(25)13-6-3-10(8-21)26-13)9-14(24)22-12-5-4-11(18)15(19)16(12)20/h4-5,10,13H,2-3,6-9,21H2,1H3,(H,22,24)/t10-,13+/m1/s1. The van der Waals surface area contributed by atoms with Crippen LogP contribution in [0.1, 0.15) is 26.2 Å². The molecule has 0 saturated carbocycles. The molecule has 0 aromatic heterocycles. The van der Waals surface area contributed by atoms with Crippen LogP contribution in [-0.4, -0.2) is 48.6 Å². The van der Waals surface area contributed by atoms with Gasteiger partial charge in [0, 0.05) is 13.1 Å². The molecule has 1 saturated heterocycles. The molecular weight excluding hydrogens is 351 g/mol. The van der Waals surface area contributed by atoms with Crippen LogP contribution in [0, 0.1) is 17.5 Å². The number of ether oxygens (including phenoxy) is 1. The molecule has 26 heavy (non-hydrogen) atoms. The third kappa shape index (κ3) is 4.73. The molecule has 0 aliphatic carbocycles. The summed E-state index contributed by atoms with van der Waals surface area (Å²) in [6.45, 7) is 2.11. The Morgan fingerprint density at radius 3 is 2.62 bits per heavy atom. The van der Waals surface area contributed by atoms with Crippen LogP contribution in [0.5, 0.6) is 0 Å². The fraction of sp³-hybridized carbons (Fsp3) is 0.529. The lowest BCUT2D eigenvalue weighted by molar-refractivity contribution is -0.144. The fourth-order valence-electron chi connectivity index (χ4n) is 2.79. The summed E-state index contributed by atoms with van der Waals surface area (Å²) in [6.07, 6.45) is 0.936. The van der Waals surface area contributed by atoms with Crippen LogP contribution in [0.4, 0.5) is 18.9 Å². The zero-order chi connectivity index (χ0) is 19.3. The van der Waals surface area contributed by atoms with Crippen molar-refractivity contribution in [2.75, 3.05) is 25.0 Å². The summed E-state index contributed by atoms with van der Waals surface area (Å²) in [5.74, 6) is -5.57. The monoisotopic (exact) mass is 373 g/mol. The summed E-state index contributed by atoms with van der Waals surface area (Å²) in [7, 11) is 0. The predicted molar refractivity (Wildman–Crippen MR) is 88.8 cm³/mol. The molecule has 2 amide bonds. The molecule has 0 unspecified atom stereocenters. The van der Waals surface area contributed by atoms with Crippen LogP contribution in [0.3, 0.4) is 0 Å². The number of hydrogen-bond acceptors (Lipinski definition) is 4. The molecule has 1 aromatic rings. The van der Waals surface area contributed by atoms with E-state index in [1.165, 1.54) is 4.90 Å². The van der Waals surface area contributed by atoms with Gasteiger partial charge >= 0.3 is 0 Å². The molecule has 1 aromatic carbocycles. The molecule has 2 atom stereocenters. The van der Waals surface area contributed by atoms with Crippen molar-refractivity contribution < 1.29 is 27.5 Å². The summed E-state index contributed by atoms with van der Waals surface area (Å²) in [4.78, 5) is 26.0. The molecule has 9 heteroatoms. The second kappa shape index (κ2) is 9.00. The third-order valence-corrected chi connectivity index (χ3v) is 4.09. The third-order valence-electron chi connectivity index (χ3n) is 4.09. The minimum absolute atomic E-state index is 0.183. The van der Waals surface area contributed by atoms with Crippen molar-refractivity contribution in [2.45, 2.75) is 38.4 Å². The highest BCUT2D eigenvalue weighted by Gasteiger charge is 2.33. The number of rotatable bonds is 7. The summed E-state index contributed by atoms with van der Waals surface area (Å²) in [6, 6.07) is 1.63. The van der Waals surface area contributed by atoms with Crippen LogP contribution in [0.2, 0.25) is 0 Å². The van der Waals surface area contributed by atoms with Crippen molar-refractivity contribution in [3.63, 3.8) is 0 Å². The SMILES string of the molecule is CCCN(CC(=O)Nc1ccc(F)c(F)c1F)C(=O)[C@@H]1CC[C@H](CN)O1. The normalized spacial score (nSPS) is 19.4. The number of nitrogens with two attached hydrogens (primary N) is 1. The molecule has 1 heterocycles. The van der Waals surface area contributed by atoms with Gasteiger partial charge in [-0.05, 0) is 31.4 Å². The van der Waals surface area contributed by atoms with Crippen LogP contribution in [0.15, 0.2) is 12.1 Å². The first-order chi connectivity index (χ1) is 12.4. The Hall–Kier alpha value is -2.13. The van der Waals surface area contributed by atoms with Crippen molar-refractivity contribution in [1.82, 2.24) is 4.90 Å². The second-order valence-corrected chi connectivity index (χ2v) is 6.09. The van der Waals surface area contributed by atoms with Crippen LogP contribution in [0.25, 0.3) is 0 Å². The Balaban J connectivity index is 2.01. The molecule has 2 rings (SSSR count). The van der Waals surface area contributed by atoms with E-state index in [4.69, 9.17) is 10.5 Å². The number of anilines is 1. The zero-order valence-electron chi connectivity index (χ0n) is 14.4. The summed E-state index contributed by atoms with van der Waals surface area (Å²) >= 11 is 0. The Morgan fingerprint density at radius 2 is 2.00 bits per heavy atom. The minimum atomic E-state index is -1.67. The first-order valence-electron chi connectivity index (χ1n) is 8.45. The lowest BCUT2D eigenvalue weighted by Crippen LogP contribution is -2.44. The Bertz CT molecular complexity index is 672. The molecule has 144 valence electrons. The summed E-state index contributed by atoms with van der Waals surface area (Å²) < 4.78 is 45.4. The zero-order valence-corrected chi connectivity index (χ0v) is 14.4. The van der Waals surface area contributed by atoms with E-state index >= 15 is 0 Å². The van der Waals surface area contributed by atoms with Crippen molar-refractivity contribution in [3.05, 3.63) is 29.6 Å². The van der Waals surface area contributed by atoms with E-state index < -0.39 is 35.2 Å². The first kappa shape index (κ1) is 20.2. The average Bonchev–Trinajstić information content (AvgIpc) is 3.10. The van der Waals surface area contributed by atoms with Crippen molar-refractivity contribution in [1.29, 1.82) is 0 Å². The topological polar surface area (TPSA) is 84.7 Å². The molecule has 1 aliphatic rings. The van der Waals surface area contributed by atoms with Gasteiger partial charge in [-0.3, -0.25) is 9.59 Å². The number of benzene rings is 1. The molecule has 3 N–H and O–H groups in total. The Morgan fingerprint density at radius 1 is 1.27 bits per heavy atom. The molecule has 0 bridgehead atoms. The highest BCUT2D eigenvalue weighted by Crippen LogP contribution is 2.22. The number of carbonyl (C=O) groups is 2. The number of nitrogens with one attached hydrogen (secondary N) is 1. The summed E-state index contributed by atoms with van der Waals surface area (Å²) in [5, 5.41) is 2.16. The minimum Gasteiger partial charge on any atom is -0.364 e. The maximum absolute atomic E-state index is 13.7. The number of nitrogens with zero attached hydrogens (tertiary/aromatic N) is 1. The van der Waals surface area contributed by atoms with Gasteiger partial charge in [-0.15, -0.1) is 0 Å². The number of halogens is 3. The van der Waals surface area contributed by atoms with Gasteiger partial charge in [0.05, 0.1) is 18.3 Å². The molecule has 1 aliphatic heterocycles. The Labute approximate surface area is 149 Å². The quantitative estimate of drug-likeness (QED) is 0.714. The fourth-order valence-corrected chi connectivity index (χ4v) is 2.79. The largest absolute Gasteiger partial charge is 0.364 e. The van der Waals surface area contributed by atoms with Crippen LogP contribution >= 0.6 is 0 Å². The highest BCUT2D eigenvalue weighted by molar-refractivity contribution is 5.95. The van der Waals surface area contributed by atoms with E-state index in [0.717, 1.165) is 6.07 Å². The van der Waals surface area contributed by atoms with E-state index in [1.54, 1.807) is 0 Å². The van der Waals surface area contributed by atoms with Gasteiger partial charge in [-0.25, -0.2) is 13.2 Å². The van der Waals surface area contributed by atoms with E-state index in [1.807, 2.05) is 6.92 Å². The molecule has 1 fully saturated rings. The van der Waals surface area contributed by atoms with Gasteiger partial charge in [0.15, 0.2) is 17.5 Å². The average molecular weight is 373 g/mol. The summed E-state index contributed by atoms with van der Waals surface area (Å²) in [5.41, 5.74) is 5.04. The van der Waals surface area contributed by atoms with Crippen molar-refractivity contribution in [3.8, 4) is 0 Å². The van der Waals surface area contributed by atoms with Gasteiger partial charge < -0.3 is 20.7 Å². The van der Waals surface area contributed by atoms with Gasteiger partial charge in [0.2, 0.25) is 5.91 Å². The number of amides is 2. The number of carbonyl (C=O) groups excluding carboxylic acids is 2. The Kier molecular flexibility index (Phi) is 6.98. The number of hydrogen-bond donors (Lipinski definition) is 2. The maximum Gasteiger partial charge on any atom is 0.252 e. The van der Waals surface area contributed by atoms with Crippen LogP contribution < -0.4 is 11.1 Å². The molecular formula is C17H22F3N3O3. The molecule has 6 nitrogen and oxygen atoms in total. The van der Waals surface area contributed by atoms with E-state index in [2.05, 4.69) is 5.32 Å². The lowest BCUT2D eigenvalue weighted by Gasteiger charge is -2.24. The lowest BCUT2D eigenvalue weighted by atomic mass is 10.1. The van der Waals surface area contributed by atoms with Gasteiger partial charge in [-0.2, -0.15) is 0 Å². The highest BCUT2D eigenvalue weighted by atomic mass is 19.2. The van der Waals surface area contributed by atoms with Crippen molar-refractivity contribution in [2.24, 2.45) is 5.73 Å². The maximum atomic E-state index is 13.7. The van der Waals surface area contributed by atoms with E-state index in [-0.39, 0.29) is 18.6 Å². The molecule has 0 radical (unpaired) electrons. The smallest absolute Gasteiger partial charge is 0.252 e. The predicted octanol–water partition coefficient (Wildman–Crippen LogP) is 1.79. The van der Waals surface area contributed by atoms with Crippen molar-refractivity contribution >= 4 is 17.5 Å². The van der Waals surface area contributed by atoms with Crippen LogP contribution in [-0.2, 0) is 14.3 Å².